The molecule has 2 N–H and O–H groups in total. The van der Waals surface area contributed by atoms with Crippen molar-refractivity contribution in [2.24, 2.45) is 0 Å². The predicted molar refractivity (Wildman–Crippen MR) is 141 cm³/mol. The Kier molecular flexibility index (Phi) is 8.66. The lowest BCUT2D eigenvalue weighted by Gasteiger charge is -2.14. The van der Waals surface area contributed by atoms with Crippen molar-refractivity contribution >= 4 is 18.0 Å². The minimum atomic E-state index is -1.29. The molecular weight excluding hydrogens is 487 g/mol. The average molecular weight is 515 g/mol. The second-order valence-corrected chi connectivity index (χ2v) is 8.60. The molecule has 0 saturated carbocycles. The van der Waals surface area contributed by atoms with Crippen LogP contribution in [-0.2, 0) is 22.4 Å². The lowest BCUT2D eigenvalue weighted by Crippen LogP contribution is -2.42. The number of halogens is 1. The number of aliphatic carboxylic acids is 1. The van der Waals surface area contributed by atoms with Gasteiger partial charge in [0.1, 0.15) is 17.6 Å². The highest BCUT2D eigenvalue weighted by molar-refractivity contribution is 5.97. The molecule has 1 amide bonds. The topological polar surface area (TPSA) is 102 Å². The lowest BCUT2D eigenvalue weighted by atomic mass is 10.1. The van der Waals surface area contributed by atoms with Crippen LogP contribution in [0.1, 0.15) is 22.6 Å². The molecule has 3 aromatic carbocycles. The van der Waals surface area contributed by atoms with E-state index >= 15 is 0 Å². The fourth-order valence-corrected chi connectivity index (χ4v) is 3.78. The molecule has 4 aromatic rings. The first kappa shape index (κ1) is 26.3. The van der Waals surface area contributed by atoms with Crippen molar-refractivity contribution in [3.8, 4) is 17.2 Å². The number of carboxylic acids is 1. The average Bonchev–Trinajstić information content (AvgIpc) is 3.30. The van der Waals surface area contributed by atoms with E-state index in [0.29, 0.717) is 35.8 Å². The quantitative estimate of drug-likeness (QED) is 0.260. The monoisotopic (exact) mass is 514 g/mol. The van der Waals surface area contributed by atoms with Crippen LogP contribution in [0.4, 0.5) is 4.39 Å². The van der Waals surface area contributed by atoms with Gasteiger partial charge in [0, 0.05) is 18.4 Å². The summed E-state index contributed by atoms with van der Waals surface area (Å²) in [6.45, 7) is 2.24. The number of ether oxygens (including phenoxy) is 1. The van der Waals surface area contributed by atoms with Crippen molar-refractivity contribution in [1.82, 2.24) is 10.3 Å². The molecule has 0 aliphatic carbocycles. The molecule has 0 unspecified atom stereocenters. The number of hydrogen-bond acceptors (Lipinski definition) is 5. The molecule has 194 valence electrons. The maximum atomic E-state index is 14.3. The van der Waals surface area contributed by atoms with E-state index in [9.17, 15) is 19.1 Å². The fraction of sp³-hybridized carbons (Fsp3) is 0.167. The minimum absolute atomic E-state index is 0.0135. The first-order valence-electron chi connectivity index (χ1n) is 12.1. The zero-order valence-electron chi connectivity index (χ0n) is 20.8. The third kappa shape index (κ3) is 7.16. The van der Waals surface area contributed by atoms with Crippen molar-refractivity contribution in [3.05, 3.63) is 113 Å². The second kappa shape index (κ2) is 12.5. The number of carbonyl (C=O) groups excluding carboxylic acids is 1. The Hall–Kier alpha value is -4.72. The first-order chi connectivity index (χ1) is 18.4. The first-order valence-corrected chi connectivity index (χ1v) is 12.1. The van der Waals surface area contributed by atoms with Gasteiger partial charge in [-0.05, 0) is 48.4 Å². The van der Waals surface area contributed by atoms with Gasteiger partial charge in [0.2, 0.25) is 5.89 Å². The summed E-state index contributed by atoms with van der Waals surface area (Å²) >= 11 is 0. The van der Waals surface area contributed by atoms with Gasteiger partial charge in [0.15, 0.2) is 5.83 Å². The van der Waals surface area contributed by atoms with Crippen molar-refractivity contribution in [2.75, 3.05) is 6.61 Å². The number of aryl methyl sites for hydroxylation is 1. The number of benzene rings is 3. The van der Waals surface area contributed by atoms with E-state index in [0.717, 1.165) is 23.1 Å². The highest BCUT2D eigenvalue weighted by Gasteiger charge is 2.22. The number of carboxylic acid groups (broad SMARTS) is 1. The molecule has 0 fully saturated rings. The molecule has 4 rings (SSSR count). The Bertz CT molecular complexity index is 1400. The van der Waals surface area contributed by atoms with Crippen molar-refractivity contribution in [3.63, 3.8) is 0 Å². The zero-order valence-corrected chi connectivity index (χ0v) is 20.8. The van der Waals surface area contributed by atoms with Gasteiger partial charge in [0.05, 0.1) is 12.3 Å². The van der Waals surface area contributed by atoms with Crippen LogP contribution in [0.15, 0.2) is 95.2 Å². The second-order valence-electron chi connectivity index (χ2n) is 8.60. The van der Waals surface area contributed by atoms with Gasteiger partial charge in [-0.3, -0.25) is 4.79 Å². The molecular formula is C30H27FN2O5. The van der Waals surface area contributed by atoms with Crippen LogP contribution in [0.5, 0.6) is 5.75 Å². The van der Waals surface area contributed by atoms with E-state index in [1.807, 2.05) is 37.3 Å². The standard InChI is InChI=1S/C30H27FN2O5/c1-20-26(33-29(38-20)23-10-6-3-7-11-23)16-17-37-24-14-12-22(13-15-24)19-27(30(35)36)32-28(34)25(31)18-21-8-4-2-5-9-21/h2-15,18,27H,16-17,19H2,1H3,(H,32,34)(H,35,36)/t27-/m0/s1. The minimum Gasteiger partial charge on any atom is -0.493 e. The molecule has 7 nitrogen and oxygen atoms in total. The maximum absolute atomic E-state index is 14.3. The summed E-state index contributed by atoms with van der Waals surface area (Å²) in [5, 5.41) is 11.8. The number of nitrogens with zero attached hydrogens (tertiary/aromatic N) is 1. The van der Waals surface area contributed by atoms with Crippen LogP contribution < -0.4 is 10.1 Å². The van der Waals surface area contributed by atoms with Gasteiger partial charge in [-0.25, -0.2) is 14.2 Å². The summed E-state index contributed by atoms with van der Waals surface area (Å²) in [4.78, 5) is 28.5. The molecule has 0 saturated heterocycles. The molecule has 0 spiro atoms. The number of carbonyl (C=O) groups is 2. The summed E-state index contributed by atoms with van der Waals surface area (Å²) in [6, 6.07) is 23.7. The predicted octanol–water partition coefficient (Wildman–Crippen LogP) is 5.39. The van der Waals surface area contributed by atoms with Crippen molar-refractivity contribution in [1.29, 1.82) is 0 Å². The van der Waals surface area contributed by atoms with Gasteiger partial charge >= 0.3 is 5.97 Å². The van der Waals surface area contributed by atoms with Crippen molar-refractivity contribution < 1.29 is 28.2 Å². The Morgan fingerprint density at radius 2 is 1.68 bits per heavy atom. The third-order valence-electron chi connectivity index (χ3n) is 5.80. The number of oxazole rings is 1. The highest BCUT2D eigenvalue weighted by atomic mass is 19.1. The summed E-state index contributed by atoms with van der Waals surface area (Å²) in [7, 11) is 0. The van der Waals surface area contributed by atoms with Crippen LogP contribution in [-0.4, -0.2) is 34.6 Å². The Labute approximate surface area is 219 Å². The summed E-state index contributed by atoms with van der Waals surface area (Å²) in [6.07, 6.45) is 1.60. The normalized spacial score (nSPS) is 12.1. The molecule has 1 atom stereocenters. The van der Waals surface area contributed by atoms with Crippen LogP contribution in [0.2, 0.25) is 0 Å². The van der Waals surface area contributed by atoms with Gasteiger partial charge in [-0.2, -0.15) is 0 Å². The SMILES string of the molecule is Cc1oc(-c2ccccc2)nc1CCOc1ccc(C[C@H](NC(=O)C(F)=Cc2ccccc2)C(=O)O)cc1. The molecule has 0 aliphatic rings. The van der Waals surface area contributed by atoms with E-state index < -0.39 is 23.7 Å². The number of rotatable bonds is 11. The number of hydrogen-bond donors (Lipinski definition) is 2. The zero-order chi connectivity index (χ0) is 26.9. The molecule has 1 aromatic heterocycles. The Morgan fingerprint density at radius 1 is 1.03 bits per heavy atom. The third-order valence-corrected chi connectivity index (χ3v) is 5.80. The Balaban J connectivity index is 1.30. The van der Waals surface area contributed by atoms with Gasteiger partial charge in [-0.15, -0.1) is 0 Å². The van der Waals surface area contributed by atoms with Gasteiger partial charge < -0.3 is 19.6 Å². The summed E-state index contributed by atoms with van der Waals surface area (Å²) < 4.78 is 25.9. The van der Waals surface area contributed by atoms with Gasteiger partial charge in [-0.1, -0.05) is 60.7 Å². The van der Waals surface area contributed by atoms with Crippen LogP contribution in [0.3, 0.4) is 0 Å². The van der Waals surface area contributed by atoms with E-state index in [2.05, 4.69) is 10.3 Å². The van der Waals surface area contributed by atoms with E-state index in [1.165, 1.54) is 0 Å². The molecule has 38 heavy (non-hydrogen) atoms. The smallest absolute Gasteiger partial charge is 0.326 e. The molecule has 1 heterocycles. The largest absolute Gasteiger partial charge is 0.493 e. The summed E-state index contributed by atoms with van der Waals surface area (Å²) in [5.74, 6) is -1.50. The molecule has 0 aliphatic heterocycles. The van der Waals surface area contributed by atoms with E-state index in [4.69, 9.17) is 9.15 Å². The van der Waals surface area contributed by atoms with Crippen LogP contribution in [0, 0.1) is 6.92 Å². The maximum Gasteiger partial charge on any atom is 0.326 e. The van der Waals surface area contributed by atoms with Crippen LogP contribution in [0.25, 0.3) is 17.5 Å². The Morgan fingerprint density at radius 3 is 2.34 bits per heavy atom. The molecule has 0 bridgehead atoms. The van der Waals surface area contributed by atoms with Gasteiger partial charge in [0.25, 0.3) is 5.91 Å². The number of nitrogens with one attached hydrogen (secondary N) is 1. The van der Waals surface area contributed by atoms with E-state index in [1.54, 1.807) is 54.6 Å². The van der Waals surface area contributed by atoms with E-state index in [-0.39, 0.29) is 6.42 Å². The van der Waals surface area contributed by atoms with Crippen molar-refractivity contribution in [2.45, 2.75) is 25.8 Å². The fourth-order valence-electron chi connectivity index (χ4n) is 3.78. The summed E-state index contributed by atoms with van der Waals surface area (Å²) in [5.41, 5.74) is 2.87. The van der Waals surface area contributed by atoms with Crippen LogP contribution >= 0.6 is 0 Å². The number of aromatic nitrogens is 1. The molecule has 8 heteroatoms. The molecule has 0 radical (unpaired) electrons. The lowest BCUT2D eigenvalue weighted by molar-refractivity contribution is -0.141. The number of amides is 1. The highest BCUT2D eigenvalue weighted by Crippen LogP contribution is 2.22.